The standard InChI is InChI=1S/C64H119NO8/c1-6-8-10-12-14-16-18-20-22-24-25-26-27-28-29-30-31-32-33-34-35-36-37-39-41-43-45-47-49-51-53-55-62(67)73-60(59-72-64(63(68)69)70-57-56-65(3,4)5)58-71-61(66)54-52-50-48-46-44-42-40-38-23-21-19-17-15-13-11-9-7-2/h18,20-21,23-25,60,64H,6-17,19,22,26-59H2,1-5H3/b20-18-,23-21-,25-24-. The van der Waals surface area contributed by atoms with Crippen LogP contribution in [0.2, 0.25) is 0 Å². The number of carboxylic acid groups (broad SMARTS) is 1. The Morgan fingerprint density at radius 1 is 0.411 bits per heavy atom. The molecule has 0 aromatic carbocycles. The van der Waals surface area contributed by atoms with Crippen molar-refractivity contribution in [2.45, 2.75) is 309 Å². The first-order chi connectivity index (χ1) is 35.6. The van der Waals surface area contributed by atoms with Crippen molar-refractivity contribution in [1.29, 1.82) is 0 Å². The van der Waals surface area contributed by atoms with Crippen molar-refractivity contribution in [2.75, 3.05) is 47.5 Å². The van der Waals surface area contributed by atoms with Gasteiger partial charge in [-0.2, -0.15) is 0 Å². The van der Waals surface area contributed by atoms with E-state index >= 15 is 0 Å². The highest BCUT2D eigenvalue weighted by Crippen LogP contribution is 2.17. The summed E-state index contributed by atoms with van der Waals surface area (Å²) >= 11 is 0. The number of esters is 2. The highest BCUT2D eigenvalue weighted by molar-refractivity contribution is 5.70. The average Bonchev–Trinajstić information content (AvgIpc) is 3.36. The molecule has 9 heteroatoms. The number of hydrogen-bond donors (Lipinski definition) is 0. The Morgan fingerprint density at radius 3 is 1.10 bits per heavy atom. The molecule has 0 heterocycles. The summed E-state index contributed by atoms with van der Waals surface area (Å²) in [6, 6.07) is 0. The zero-order chi connectivity index (χ0) is 53.4. The van der Waals surface area contributed by atoms with Crippen molar-refractivity contribution >= 4 is 17.9 Å². The fraction of sp³-hybridized carbons (Fsp3) is 0.859. The first-order valence-electron chi connectivity index (χ1n) is 31.1. The van der Waals surface area contributed by atoms with E-state index in [9.17, 15) is 19.5 Å². The van der Waals surface area contributed by atoms with Crippen LogP contribution in [0.15, 0.2) is 36.5 Å². The maximum absolute atomic E-state index is 12.9. The Hall–Kier alpha value is -2.49. The fourth-order valence-corrected chi connectivity index (χ4v) is 9.03. The van der Waals surface area contributed by atoms with Gasteiger partial charge in [-0.15, -0.1) is 0 Å². The molecule has 0 saturated heterocycles. The van der Waals surface area contributed by atoms with Crippen molar-refractivity contribution < 1.29 is 42.9 Å². The molecule has 0 amide bonds. The monoisotopic (exact) mass is 1030 g/mol. The van der Waals surface area contributed by atoms with Gasteiger partial charge < -0.3 is 33.3 Å². The van der Waals surface area contributed by atoms with E-state index in [0.29, 0.717) is 23.9 Å². The predicted octanol–water partition coefficient (Wildman–Crippen LogP) is 17.1. The zero-order valence-corrected chi connectivity index (χ0v) is 48.8. The minimum Gasteiger partial charge on any atom is -0.545 e. The van der Waals surface area contributed by atoms with Crippen LogP contribution >= 0.6 is 0 Å². The Balaban J connectivity index is 4.11. The number of quaternary nitrogens is 1. The largest absolute Gasteiger partial charge is 0.545 e. The topological polar surface area (TPSA) is 111 Å². The second-order valence-corrected chi connectivity index (χ2v) is 22.3. The van der Waals surface area contributed by atoms with Gasteiger partial charge in [-0.05, 0) is 70.6 Å². The highest BCUT2D eigenvalue weighted by atomic mass is 16.7. The number of unbranched alkanes of at least 4 members (excludes halogenated alkanes) is 37. The minimum atomic E-state index is -1.62. The molecule has 0 radical (unpaired) electrons. The van der Waals surface area contributed by atoms with Gasteiger partial charge in [-0.1, -0.05) is 249 Å². The van der Waals surface area contributed by atoms with Crippen molar-refractivity contribution in [2.24, 2.45) is 0 Å². The number of carboxylic acids is 1. The number of likely N-dealkylation sites (N-methyl/N-ethyl adjacent to an activating group) is 1. The summed E-state index contributed by atoms with van der Waals surface area (Å²) in [4.78, 5) is 37.3. The number of rotatable bonds is 58. The second kappa shape index (κ2) is 55.7. The first kappa shape index (κ1) is 70.5. The fourth-order valence-electron chi connectivity index (χ4n) is 9.03. The SMILES string of the molecule is CCCCCCC/C=C\C/C=C\CCCCCCCCCCCCCCCCCCCCCC(=O)OC(COC(=O)CCCCCCCCC/C=C\CCCCCCCC)COC(OCC[N+](C)(C)C)C(=O)[O-]. The van der Waals surface area contributed by atoms with Crippen LogP contribution in [0.3, 0.4) is 0 Å². The molecule has 0 saturated carbocycles. The zero-order valence-electron chi connectivity index (χ0n) is 48.8. The molecule has 2 unspecified atom stereocenters. The molecule has 73 heavy (non-hydrogen) atoms. The lowest BCUT2D eigenvalue weighted by Gasteiger charge is -2.26. The summed E-state index contributed by atoms with van der Waals surface area (Å²) < 4.78 is 22.7. The van der Waals surface area contributed by atoms with Crippen LogP contribution in [0.25, 0.3) is 0 Å². The normalized spacial score (nSPS) is 12.9. The summed E-state index contributed by atoms with van der Waals surface area (Å²) in [5, 5.41) is 11.8. The van der Waals surface area contributed by atoms with Crippen LogP contribution in [0.1, 0.15) is 296 Å². The molecule has 0 fully saturated rings. The molecule has 0 aliphatic carbocycles. The van der Waals surface area contributed by atoms with Crippen LogP contribution < -0.4 is 5.11 Å². The third kappa shape index (κ3) is 57.1. The number of carbonyl (C=O) groups is 3. The average molecular weight is 1030 g/mol. The molecule has 0 bridgehead atoms. The second-order valence-electron chi connectivity index (χ2n) is 22.3. The van der Waals surface area contributed by atoms with Crippen molar-refractivity contribution in [3.8, 4) is 0 Å². The summed E-state index contributed by atoms with van der Waals surface area (Å²) in [5.74, 6) is -2.27. The summed E-state index contributed by atoms with van der Waals surface area (Å²) in [6.45, 7) is 4.77. The number of hydrogen-bond acceptors (Lipinski definition) is 8. The van der Waals surface area contributed by atoms with Crippen LogP contribution in [0.5, 0.6) is 0 Å². The van der Waals surface area contributed by atoms with Gasteiger partial charge in [0, 0.05) is 12.8 Å². The first-order valence-corrected chi connectivity index (χ1v) is 31.1. The van der Waals surface area contributed by atoms with Gasteiger partial charge in [-0.3, -0.25) is 9.59 Å². The van der Waals surface area contributed by atoms with E-state index in [0.717, 1.165) is 38.5 Å². The number of allylic oxidation sites excluding steroid dienone is 6. The third-order valence-electron chi connectivity index (χ3n) is 13.9. The quantitative estimate of drug-likeness (QED) is 0.0195. The van der Waals surface area contributed by atoms with E-state index in [2.05, 4.69) is 50.3 Å². The Kier molecular flexibility index (Phi) is 53.8. The lowest BCUT2D eigenvalue weighted by molar-refractivity contribution is -0.870. The van der Waals surface area contributed by atoms with Crippen molar-refractivity contribution in [3.05, 3.63) is 36.5 Å². The highest BCUT2D eigenvalue weighted by Gasteiger charge is 2.22. The number of nitrogens with zero attached hydrogens (tertiary/aromatic N) is 1. The van der Waals surface area contributed by atoms with Crippen LogP contribution in [-0.4, -0.2) is 82.3 Å². The molecule has 428 valence electrons. The maximum atomic E-state index is 12.9. The van der Waals surface area contributed by atoms with E-state index in [1.165, 1.54) is 225 Å². The lowest BCUT2D eigenvalue weighted by atomic mass is 10.0. The molecule has 0 aliphatic heterocycles. The van der Waals surface area contributed by atoms with Gasteiger partial charge in [0.25, 0.3) is 0 Å². The Morgan fingerprint density at radius 2 is 0.740 bits per heavy atom. The molecule has 0 spiro atoms. The minimum absolute atomic E-state index is 0.149. The number of aliphatic carboxylic acids is 1. The van der Waals surface area contributed by atoms with Gasteiger partial charge in [0.1, 0.15) is 13.2 Å². The van der Waals surface area contributed by atoms with Gasteiger partial charge in [0.2, 0.25) is 0 Å². The van der Waals surface area contributed by atoms with Crippen molar-refractivity contribution in [1.82, 2.24) is 0 Å². The van der Waals surface area contributed by atoms with E-state index in [4.69, 9.17) is 18.9 Å². The molecular formula is C64H119NO8. The molecular weight excluding hydrogens is 911 g/mol. The molecule has 0 aromatic rings. The molecule has 9 nitrogen and oxygen atoms in total. The Bertz CT molecular complexity index is 1290. The lowest BCUT2D eigenvalue weighted by Crippen LogP contribution is -2.44. The molecule has 0 aliphatic rings. The smallest absolute Gasteiger partial charge is 0.306 e. The van der Waals surface area contributed by atoms with Crippen molar-refractivity contribution in [3.63, 3.8) is 0 Å². The molecule has 0 aromatic heterocycles. The van der Waals surface area contributed by atoms with Gasteiger partial charge >= 0.3 is 11.9 Å². The maximum Gasteiger partial charge on any atom is 0.306 e. The van der Waals surface area contributed by atoms with E-state index in [1.54, 1.807) is 0 Å². The summed E-state index contributed by atoms with van der Waals surface area (Å²) in [6.07, 6.45) is 64.9. The Labute approximate surface area is 451 Å². The van der Waals surface area contributed by atoms with Gasteiger partial charge in [-0.25, -0.2) is 0 Å². The van der Waals surface area contributed by atoms with Crippen LogP contribution in [-0.2, 0) is 33.3 Å². The third-order valence-corrected chi connectivity index (χ3v) is 13.9. The predicted molar refractivity (Wildman–Crippen MR) is 306 cm³/mol. The van der Waals surface area contributed by atoms with E-state index in [1.807, 2.05) is 21.1 Å². The van der Waals surface area contributed by atoms with Crippen LogP contribution in [0.4, 0.5) is 0 Å². The summed E-state index contributed by atoms with van der Waals surface area (Å²) in [5.41, 5.74) is 0. The number of carbonyl (C=O) groups excluding carboxylic acids is 3. The van der Waals surface area contributed by atoms with E-state index in [-0.39, 0.29) is 32.2 Å². The molecule has 2 atom stereocenters. The van der Waals surface area contributed by atoms with E-state index < -0.39 is 24.3 Å². The van der Waals surface area contributed by atoms with Crippen LogP contribution in [0, 0.1) is 0 Å². The molecule has 0 rings (SSSR count). The molecule has 0 N–H and O–H groups in total. The van der Waals surface area contributed by atoms with Gasteiger partial charge in [0.05, 0.1) is 40.3 Å². The summed E-state index contributed by atoms with van der Waals surface area (Å²) in [7, 11) is 5.93. The van der Waals surface area contributed by atoms with Gasteiger partial charge in [0.15, 0.2) is 12.4 Å². The number of ether oxygens (including phenoxy) is 4.